The quantitative estimate of drug-likeness (QED) is 0.334. The molecule has 2 N–H and O–H groups in total. The van der Waals surface area contributed by atoms with Crippen LogP contribution in [0.25, 0.3) is 0 Å². The minimum Gasteiger partial charge on any atom is -0.756 e. The summed E-state index contributed by atoms with van der Waals surface area (Å²) < 4.78 is 10.3. The summed E-state index contributed by atoms with van der Waals surface area (Å²) in [5.41, 5.74) is 0. The van der Waals surface area contributed by atoms with Crippen molar-refractivity contribution in [2.45, 2.75) is 74.8 Å². The average Bonchev–Trinajstić information content (AvgIpc) is 2.25. The van der Waals surface area contributed by atoms with Crippen molar-refractivity contribution in [1.29, 1.82) is 0 Å². The Balaban J connectivity index is -0.000000366. The third-order valence-corrected chi connectivity index (χ3v) is 3.41. The van der Waals surface area contributed by atoms with Gasteiger partial charge in [0, 0.05) is 0 Å². The van der Waals surface area contributed by atoms with Crippen molar-refractivity contribution in [3.63, 3.8) is 0 Å². The summed E-state index contributed by atoms with van der Waals surface area (Å²) in [6, 6.07) is 0. The summed E-state index contributed by atoms with van der Waals surface area (Å²) >= 11 is 1.41. The molecule has 0 saturated carbocycles. The van der Waals surface area contributed by atoms with Gasteiger partial charge >= 0.3 is 154 Å². The molecule has 106 valence electrons. The molecule has 0 saturated heterocycles. The van der Waals surface area contributed by atoms with E-state index in [0.29, 0.717) is 0 Å². The van der Waals surface area contributed by atoms with E-state index in [4.69, 9.17) is 19.2 Å². The first-order valence-electron chi connectivity index (χ1n) is 7.18. The zero-order valence-corrected chi connectivity index (χ0v) is 19.0. The second kappa shape index (κ2) is 20.7. The van der Waals surface area contributed by atoms with Crippen molar-refractivity contribution in [3.8, 4) is 0 Å². The summed E-state index contributed by atoms with van der Waals surface area (Å²) in [6.07, 6.45) is 14.7. The van der Waals surface area contributed by atoms with Gasteiger partial charge in [-0.3, -0.25) is 4.57 Å². The van der Waals surface area contributed by atoms with Crippen molar-refractivity contribution < 1.29 is 70.6 Å². The van der Waals surface area contributed by atoms with Crippen LogP contribution in [0.3, 0.4) is 0 Å². The van der Waals surface area contributed by atoms with Crippen LogP contribution < -0.4 is 56.3 Å². The van der Waals surface area contributed by atoms with E-state index in [2.05, 4.69) is 6.92 Å². The zero-order chi connectivity index (χ0) is 14.3. The van der Waals surface area contributed by atoms with Crippen LogP contribution in [0.1, 0.15) is 71.1 Å². The maximum absolute atomic E-state index is 8.77. The fourth-order valence-corrected chi connectivity index (χ4v) is 2.24. The van der Waals surface area contributed by atoms with Gasteiger partial charge < -0.3 is 14.7 Å². The summed E-state index contributed by atoms with van der Waals surface area (Å²) in [6.45, 7) is 2.29. The summed E-state index contributed by atoms with van der Waals surface area (Å²) in [5, 5.41) is 0. The van der Waals surface area contributed by atoms with E-state index in [1.54, 1.807) is 0 Å². The monoisotopic (exact) mass is 328 g/mol. The van der Waals surface area contributed by atoms with Gasteiger partial charge in [-0.1, -0.05) is 0 Å². The van der Waals surface area contributed by atoms with Gasteiger partial charge in [-0.2, -0.15) is 0 Å². The number of hydrogen-bond acceptors (Lipinski definition) is 2. The Morgan fingerprint density at radius 3 is 1.42 bits per heavy atom. The SMILES string of the molecule is CCCCCCCCCCC[CH2][Na].O=P([O-])(O)O.[K+]. The molecule has 7 heteroatoms. The summed E-state index contributed by atoms with van der Waals surface area (Å²) in [4.78, 5) is 22.9. The van der Waals surface area contributed by atoms with E-state index in [1.807, 2.05) is 0 Å². The van der Waals surface area contributed by atoms with Gasteiger partial charge in [0.05, 0.1) is 0 Å². The van der Waals surface area contributed by atoms with Gasteiger partial charge in [0.1, 0.15) is 0 Å². The minimum absolute atomic E-state index is 0. The molecule has 0 rings (SSSR count). The number of unbranched alkanes of at least 4 members (excludes halogenated alkanes) is 9. The molecule has 0 unspecified atom stereocenters. The Morgan fingerprint density at radius 2 is 1.16 bits per heavy atom. The number of phosphoric acid groups is 1. The first-order chi connectivity index (χ1) is 8.41. The molecule has 0 aromatic carbocycles. The van der Waals surface area contributed by atoms with E-state index in [1.165, 1.54) is 95.8 Å². The molecule has 0 aliphatic rings. The van der Waals surface area contributed by atoms with Gasteiger partial charge in [-0.15, -0.1) is 0 Å². The van der Waals surface area contributed by atoms with Crippen molar-refractivity contribution in [2.75, 3.05) is 0 Å². The molecule has 0 bridgehead atoms. The van der Waals surface area contributed by atoms with Crippen molar-refractivity contribution in [1.82, 2.24) is 0 Å². The van der Waals surface area contributed by atoms with Crippen LogP contribution in [-0.4, -0.2) is 37.7 Å². The Kier molecular flexibility index (Phi) is 29.1. The molecule has 4 nitrogen and oxygen atoms in total. The van der Waals surface area contributed by atoms with Crippen LogP contribution in [0.5, 0.6) is 0 Å². The topological polar surface area (TPSA) is 80.6 Å². The average molecular weight is 328 g/mol. The van der Waals surface area contributed by atoms with Gasteiger partial charge in [0.2, 0.25) is 0 Å². The summed E-state index contributed by atoms with van der Waals surface area (Å²) in [7, 11) is -4.89. The molecule has 0 heterocycles. The molecular formula is C12H27KNaO4P. The Morgan fingerprint density at radius 1 is 0.895 bits per heavy atom. The molecule has 0 aromatic rings. The third kappa shape index (κ3) is 44.9. The van der Waals surface area contributed by atoms with Gasteiger partial charge in [0.15, 0.2) is 0 Å². The normalized spacial score (nSPS) is 10.4. The number of rotatable bonds is 10. The van der Waals surface area contributed by atoms with Crippen LogP contribution in [0.2, 0.25) is 3.67 Å². The Labute approximate surface area is 178 Å². The smallest absolute Gasteiger partial charge is 0.756 e. The van der Waals surface area contributed by atoms with Gasteiger partial charge in [-0.25, -0.2) is 0 Å². The predicted molar refractivity (Wildman–Crippen MR) is 74.4 cm³/mol. The zero-order valence-electron chi connectivity index (χ0n) is 12.9. The first kappa shape index (κ1) is 26.6. The van der Waals surface area contributed by atoms with E-state index in [0.717, 1.165) is 0 Å². The van der Waals surface area contributed by atoms with Crippen molar-refractivity contribution >= 4 is 35.8 Å². The predicted octanol–water partition coefficient (Wildman–Crippen LogP) is -0.0625. The largest absolute Gasteiger partial charge is 1.00 e. The molecule has 0 spiro atoms. The van der Waals surface area contributed by atoms with Gasteiger partial charge in [0.25, 0.3) is 7.82 Å². The molecule has 0 atom stereocenters. The second-order valence-corrected chi connectivity index (χ2v) is 6.65. The van der Waals surface area contributed by atoms with Crippen LogP contribution in [0.4, 0.5) is 0 Å². The van der Waals surface area contributed by atoms with E-state index < -0.39 is 7.82 Å². The molecule has 0 aliphatic heterocycles. The second-order valence-electron chi connectivity index (χ2n) is 4.67. The fraction of sp³-hybridized carbons (Fsp3) is 1.00. The minimum atomic E-state index is -4.89. The van der Waals surface area contributed by atoms with Gasteiger partial charge in [-0.05, 0) is 0 Å². The molecule has 0 aliphatic carbocycles. The van der Waals surface area contributed by atoms with Crippen LogP contribution >= 0.6 is 7.82 Å². The van der Waals surface area contributed by atoms with Crippen LogP contribution in [0.15, 0.2) is 0 Å². The maximum atomic E-state index is 8.77. The van der Waals surface area contributed by atoms with E-state index in [-0.39, 0.29) is 51.4 Å². The first-order valence-corrected chi connectivity index (χ1v) is 10.1. The molecule has 0 fully saturated rings. The molecule has 0 aromatic heterocycles. The molecule has 19 heavy (non-hydrogen) atoms. The molecule has 0 amide bonds. The maximum Gasteiger partial charge on any atom is 1.00 e. The van der Waals surface area contributed by atoms with E-state index in [9.17, 15) is 0 Å². The van der Waals surface area contributed by atoms with Crippen LogP contribution in [0, 0.1) is 0 Å². The standard InChI is InChI=1S/C12H25.K.Na.H3O4P/c1-3-5-7-9-11-12-10-8-6-4-2;;;1-5(2,3)4/h1,3-12H2,2H3;;;(H3,1,2,3,4)/q;+1;;/p-1. The van der Waals surface area contributed by atoms with E-state index >= 15 is 0 Å². The Bertz CT molecular complexity index is 184. The van der Waals surface area contributed by atoms with Crippen molar-refractivity contribution in [2.24, 2.45) is 0 Å². The number of hydrogen-bond donors (Lipinski definition) is 2. The molecular weight excluding hydrogens is 301 g/mol. The fourth-order valence-electron chi connectivity index (χ4n) is 1.74. The molecule has 0 radical (unpaired) electrons. The van der Waals surface area contributed by atoms with Crippen LogP contribution in [-0.2, 0) is 4.57 Å². The van der Waals surface area contributed by atoms with Crippen molar-refractivity contribution in [3.05, 3.63) is 0 Å². The summed E-state index contributed by atoms with van der Waals surface area (Å²) in [5.74, 6) is 0. The Hall–Kier alpha value is 2.75. The third-order valence-electron chi connectivity index (χ3n) is 2.71.